The molecule has 0 heterocycles. The summed E-state index contributed by atoms with van der Waals surface area (Å²) in [6.45, 7) is 14.1. The number of carbonyl (C=O) groups is 1. The first-order chi connectivity index (χ1) is 20.1. The second kappa shape index (κ2) is 13.3. The van der Waals surface area contributed by atoms with Gasteiger partial charge in [-0.15, -0.1) is 0 Å². The molecule has 0 aliphatic heterocycles. The van der Waals surface area contributed by atoms with Gasteiger partial charge in [-0.3, -0.25) is 4.79 Å². The highest BCUT2D eigenvalue weighted by molar-refractivity contribution is 5.91. The Balaban J connectivity index is 1.11. The number of nitrogens with one attached hydrogen (secondary N) is 2. The number of phenolic OH excluding ortho intramolecular Hbond substituents is 1. The molecule has 0 saturated heterocycles. The van der Waals surface area contributed by atoms with Crippen LogP contribution in [-0.4, -0.2) is 30.1 Å². The van der Waals surface area contributed by atoms with E-state index in [1.165, 1.54) is 70.6 Å². The van der Waals surface area contributed by atoms with E-state index in [0.29, 0.717) is 23.4 Å². The molecule has 232 valence electrons. The first kappa shape index (κ1) is 31.4. The number of amides is 1. The predicted molar refractivity (Wildman–Crippen MR) is 175 cm³/mol. The van der Waals surface area contributed by atoms with E-state index >= 15 is 0 Å². The van der Waals surface area contributed by atoms with Crippen molar-refractivity contribution in [1.29, 1.82) is 0 Å². The minimum absolute atomic E-state index is 0.0782. The van der Waals surface area contributed by atoms with E-state index in [-0.39, 0.29) is 11.7 Å². The Bertz CT molecular complexity index is 1120. The van der Waals surface area contributed by atoms with Gasteiger partial charge < -0.3 is 15.7 Å². The highest BCUT2D eigenvalue weighted by atomic mass is 16.3. The molecule has 5 rings (SSSR count). The largest absolute Gasteiger partial charge is 0.508 e. The summed E-state index contributed by atoms with van der Waals surface area (Å²) in [5.41, 5.74) is 3.57. The lowest BCUT2D eigenvalue weighted by molar-refractivity contribution is -0.116. The van der Waals surface area contributed by atoms with Crippen LogP contribution in [0.25, 0.3) is 6.08 Å². The van der Waals surface area contributed by atoms with Crippen molar-refractivity contribution in [2.24, 2.45) is 46.3 Å². The number of benzene rings is 1. The van der Waals surface area contributed by atoms with Crippen LogP contribution in [0.4, 0.5) is 0 Å². The van der Waals surface area contributed by atoms with Gasteiger partial charge in [-0.1, -0.05) is 77.7 Å². The SMILES string of the molecule is CC(C)CCC[C@@H](C)[C@H]1CC[C@H]2[C@@H]3CC=C4CC(NCCNC(=O)/C=C/c5ccc(O)cc5)CC[C@]4(C)[C@H]3CC[C@]12C. The van der Waals surface area contributed by atoms with Gasteiger partial charge in [0.2, 0.25) is 5.91 Å². The number of rotatable bonds is 11. The van der Waals surface area contributed by atoms with Crippen molar-refractivity contribution < 1.29 is 9.90 Å². The third-order valence-electron chi connectivity index (χ3n) is 12.5. The zero-order valence-corrected chi connectivity index (χ0v) is 27.1. The van der Waals surface area contributed by atoms with Crippen LogP contribution in [0.2, 0.25) is 0 Å². The third kappa shape index (κ3) is 6.69. The van der Waals surface area contributed by atoms with E-state index in [1.54, 1.807) is 42.0 Å². The highest BCUT2D eigenvalue weighted by Crippen LogP contribution is 2.67. The number of phenols is 1. The van der Waals surface area contributed by atoms with Gasteiger partial charge >= 0.3 is 0 Å². The van der Waals surface area contributed by atoms with E-state index in [9.17, 15) is 9.90 Å². The molecule has 1 aromatic carbocycles. The summed E-state index contributed by atoms with van der Waals surface area (Å²) < 4.78 is 0. The molecule has 0 aromatic heterocycles. The number of carbonyl (C=O) groups excluding carboxylic acids is 1. The van der Waals surface area contributed by atoms with E-state index in [0.717, 1.165) is 47.6 Å². The smallest absolute Gasteiger partial charge is 0.244 e. The second-order valence-corrected chi connectivity index (χ2v) is 15.4. The average molecular weight is 575 g/mol. The number of allylic oxidation sites excluding steroid dienone is 1. The molecule has 4 aliphatic rings. The van der Waals surface area contributed by atoms with Gasteiger partial charge in [-0.05, 0) is 121 Å². The monoisotopic (exact) mass is 574 g/mol. The molecule has 42 heavy (non-hydrogen) atoms. The van der Waals surface area contributed by atoms with Crippen molar-refractivity contribution in [2.45, 2.75) is 111 Å². The van der Waals surface area contributed by atoms with Crippen LogP contribution < -0.4 is 10.6 Å². The molecule has 4 nitrogen and oxygen atoms in total. The van der Waals surface area contributed by atoms with E-state index in [2.05, 4.69) is 51.3 Å². The van der Waals surface area contributed by atoms with Crippen molar-refractivity contribution in [3.05, 3.63) is 47.6 Å². The van der Waals surface area contributed by atoms with Crippen LogP contribution in [0, 0.1) is 46.3 Å². The first-order valence-electron chi connectivity index (χ1n) is 17.3. The summed E-state index contributed by atoms with van der Waals surface area (Å²) in [6, 6.07) is 7.37. The maximum absolute atomic E-state index is 12.2. The molecule has 4 heteroatoms. The topological polar surface area (TPSA) is 61.4 Å². The Morgan fingerprint density at radius 1 is 1.00 bits per heavy atom. The van der Waals surface area contributed by atoms with Crippen LogP contribution in [0.15, 0.2) is 42.0 Å². The molecule has 1 amide bonds. The van der Waals surface area contributed by atoms with Crippen molar-refractivity contribution >= 4 is 12.0 Å². The normalized spacial score (nSPS) is 34.9. The molecule has 4 aliphatic carbocycles. The fraction of sp³-hybridized carbons (Fsp3) is 0.711. The van der Waals surface area contributed by atoms with E-state index < -0.39 is 0 Å². The van der Waals surface area contributed by atoms with Gasteiger partial charge in [0.25, 0.3) is 0 Å². The van der Waals surface area contributed by atoms with Crippen LogP contribution in [0.5, 0.6) is 5.75 Å². The van der Waals surface area contributed by atoms with Crippen molar-refractivity contribution in [1.82, 2.24) is 10.6 Å². The molecule has 8 atom stereocenters. The molecular formula is C38H58N2O2. The van der Waals surface area contributed by atoms with Crippen molar-refractivity contribution in [2.75, 3.05) is 13.1 Å². The Hall–Kier alpha value is -2.07. The summed E-state index contributed by atoms with van der Waals surface area (Å²) in [6.07, 6.45) is 21.1. The van der Waals surface area contributed by atoms with Crippen LogP contribution in [0.3, 0.4) is 0 Å². The molecule has 3 fully saturated rings. The van der Waals surface area contributed by atoms with Gasteiger partial charge in [0.05, 0.1) is 0 Å². The summed E-state index contributed by atoms with van der Waals surface area (Å²) in [7, 11) is 0. The summed E-state index contributed by atoms with van der Waals surface area (Å²) >= 11 is 0. The summed E-state index contributed by atoms with van der Waals surface area (Å²) in [5, 5.41) is 16.2. The maximum Gasteiger partial charge on any atom is 0.244 e. The molecule has 3 saturated carbocycles. The van der Waals surface area contributed by atoms with Crippen LogP contribution in [-0.2, 0) is 4.79 Å². The zero-order valence-electron chi connectivity index (χ0n) is 27.1. The minimum Gasteiger partial charge on any atom is -0.508 e. The molecular weight excluding hydrogens is 516 g/mol. The van der Waals surface area contributed by atoms with Crippen molar-refractivity contribution in [3.8, 4) is 5.75 Å². The number of hydrogen-bond donors (Lipinski definition) is 3. The second-order valence-electron chi connectivity index (χ2n) is 15.4. The Labute approximate surface area is 256 Å². The zero-order chi connectivity index (χ0) is 29.9. The lowest BCUT2D eigenvalue weighted by Crippen LogP contribution is -2.52. The lowest BCUT2D eigenvalue weighted by Gasteiger charge is -2.58. The third-order valence-corrected chi connectivity index (χ3v) is 12.5. The van der Waals surface area contributed by atoms with Gasteiger partial charge in [0, 0.05) is 25.2 Å². The average Bonchev–Trinajstić information content (AvgIpc) is 3.32. The number of hydrogen-bond acceptors (Lipinski definition) is 3. The van der Waals surface area contributed by atoms with Crippen LogP contribution >= 0.6 is 0 Å². The Morgan fingerprint density at radius 3 is 2.55 bits per heavy atom. The Morgan fingerprint density at radius 2 is 1.79 bits per heavy atom. The predicted octanol–water partition coefficient (Wildman–Crippen LogP) is 8.52. The number of aromatic hydroxyl groups is 1. The molecule has 3 N–H and O–H groups in total. The molecule has 1 aromatic rings. The fourth-order valence-electron chi connectivity index (χ4n) is 10.1. The quantitative estimate of drug-likeness (QED) is 0.141. The minimum atomic E-state index is -0.0782. The highest BCUT2D eigenvalue weighted by Gasteiger charge is 2.59. The summed E-state index contributed by atoms with van der Waals surface area (Å²) in [5.74, 6) is 5.47. The maximum atomic E-state index is 12.2. The van der Waals surface area contributed by atoms with Gasteiger partial charge in [0.1, 0.15) is 5.75 Å². The lowest BCUT2D eigenvalue weighted by atomic mass is 9.47. The standard InChI is InChI=1S/C38H58N2O2/c1-26(2)7-6-8-27(3)33-16-17-34-32-15-12-29-25-30(19-21-37(29,4)35(32)20-22-38(33,34)5)39-23-24-40-36(42)18-11-28-9-13-31(41)14-10-28/h9-14,18,26-27,30,32-35,39,41H,6-8,15-17,19-25H2,1-5H3,(H,40,42)/b18-11+/t27-,30?,32+,33-,34+,35+,37+,38-/m1/s1. The number of fused-ring (bicyclic) bond motifs is 5. The van der Waals surface area contributed by atoms with E-state index in [4.69, 9.17) is 0 Å². The molecule has 0 radical (unpaired) electrons. The summed E-state index contributed by atoms with van der Waals surface area (Å²) in [4.78, 5) is 12.2. The van der Waals surface area contributed by atoms with Crippen LogP contribution in [0.1, 0.15) is 111 Å². The van der Waals surface area contributed by atoms with Gasteiger partial charge in [-0.2, -0.15) is 0 Å². The van der Waals surface area contributed by atoms with E-state index in [1.807, 2.05) is 0 Å². The van der Waals surface area contributed by atoms with Crippen molar-refractivity contribution in [3.63, 3.8) is 0 Å². The Kier molecular flexibility index (Phi) is 9.92. The van der Waals surface area contributed by atoms with Gasteiger partial charge in [0.15, 0.2) is 0 Å². The van der Waals surface area contributed by atoms with Gasteiger partial charge in [-0.25, -0.2) is 0 Å². The first-order valence-corrected chi connectivity index (χ1v) is 17.3. The molecule has 1 unspecified atom stereocenters. The molecule has 0 bridgehead atoms. The fourth-order valence-corrected chi connectivity index (χ4v) is 10.1. The molecule has 0 spiro atoms.